The van der Waals surface area contributed by atoms with E-state index >= 15 is 0 Å². The van der Waals surface area contributed by atoms with Crippen LogP contribution in [0.4, 0.5) is 5.95 Å². The van der Waals surface area contributed by atoms with Crippen molar-refractivity contribution in [1.29, 1.82) is 0 Å². The second-order valence-corrected chi connectivity index (χ2v) is 4.86. The summed E-state index contributed by atoms with van der Waals surface area (Å²) in [6.45, 7) is 0. The van der Waals surface area contributed by atoms with Gasteiger partial charge in [0.05, 0.1) is 11.7 Å². The van der Waals surface area contributed by atoms with Crippen LogP contribution in [0.25, 0.3) is 0 Å². The number of hydrogen-bond donors (Lipinski definition) is 1. The molecule has 96 valence electrons. The van der Waals surface area contributed by atoms with E-state index in [1.807, 2.05) is 24.3 Å². The first kappa shape index (κ1) is 11.8. The number of tetrazole rings is 1. The maximum absolute atomic E-state index is 11.0. The lowest BCUT2D eigenvalue weighted by molar-refractivity contribution is -0.299. The van der Waals surface area contributed by atoms with Crippen LogP contribution in [0, 0.1) is 0 Å². The predicted molar refractivity (Wildman–Crippen MR) is 66.8 cm³/mol. The molecule has 1 aromatic heterocycles. The number of halogens is 1. The molecule has 0 spiro atoms. The maximum atomic E-state index is 11.0. The number of carbonyl (C=O) groups is 1. The third-order valence-electron chi connectivity index (χ3n) is 2.74. The Kier molecular flexibility index (Phi) is 2.79. The zero-order chi connectivity index (χ0) is 13.4. The Morgan fingerprint density at radius 3 is 3.05 bits per heavy atom. The molecule has 1 aromatic carbocycles. The van der Waals surface area contributed by atoms with Crippen LogP contribution in [0.2, 0.25) is 0 Å². The topological polar surface area (TPSA) is 95.8 Å². The van der Waals surface area contributed by atoms with Crippen LogP contribution >= 0.6 is 15.9 Å². The standard InChI is InChI=1S/C11H8BrN5O2/c12-7-3-1-2-6(4-7)9-5-8(10(18)19)13-11-14-15-16-17(9)11/h1-5,9H,(H,18,19)(H,13,14,16)/p-1/t9-/m1/s1. The van der Waals surface area contributed by atoms with Crippen molar-refractivity contribution in [3.05, 3.63) is 46.1 Å². The van der Waals surface area contributed by atoms with E-state index in [0.29, 0.717) is 0 Å². The Balaban J connectivity index is 2.11. The molecule has 0 saturated heterocycles. The highest BCUT2D eigenvalue weighted by molar-refractivity contribution is 9.10. The van der Waals surface area contributed by atoms with Gasteiger partial charge in [0, 0.05) is 4.47 Å². The van der Waals surface area contributed by atoms with E-state index in [9.17, 15) is 9.90 Å². The summed E-state index contributed by atoms with van der Waals surface area (Å²) in [6.07, 6.45) is 1.51. The van der Waals surface area contributed by atoms with Gasteiger partial charge in [-0.1, -0.05) is 33.2 Å². The largest absolute Gasteiger partial charge is 0.543 e. The highest BCUT2D eigenvalue weighted by atomic mass is 79.9. The molecule has 1 aliphatic rings. The van der Waals surface area contributed by atoms with Crippen molar-refractivity contribution >= 4 is 27.8 Å². The lowest BCUT2D eigenvalue weighted by Gasteiger charge is -2.23. The van der Waals surface area contributed by atoms with Crippen molar-refractivity contribution in [2.45, 2.75) is 6.04 Å². The average Bonchev–Trinajstić information content (AvgIpc) is 2.85. The van der Waals surface area contributed by atoms with Crippen LogP contribution in [0.1, 0.15) is 11.6 Å². The minimum Gasteiger partial charge on any atom is -0.543 e. The number of aliphatic carboxylic acids is 1. The number of benzene rings is 1. The van der Waals surface area contributed by atoms with E-state index in [-0.39, 0.29) is 11.6 Å². The van der Waals surface area contributed by atoms with Crippen molar-refractivity contribution in [1.82, 2.24) is 20.2 Å². The summed E-state index contributed by atoms with van der Waals surface area (Å²) in [5.74, 6) is -1.03. The number of allylic oxidation sites excluding steroid dienone is 1. The number of nitrogens with one attached hydrogen (secondary N) is 1. The van der Waals surface area contributed by atoms with E-state index < -0.39 is 12.0 Å². The van der Waals surface area contributed by atoms with E-state index in [1.54, 1.807) is 0 Å². The summed E-state index contributed by atoms with van der Waals surface area (Å²) in [5, 5.41) is 24.7. The highest BCUT2D eigenvalue weighted by Gasteiger charge is 2.23. The van der Waals surface area contributed by atoms with Gasteiger partial charge in [-0.05, 0) is 34.2 Å². The Morgan fingerprint density at radius 1 is 1.47 bits per heavy atom. The number of nitrogens with zero attached hydrogens (tertiary/aromatic N) is 4. The molecule has 1 aliphatic heterocycles. The zero-order valence-electron chi connectivity index (χ0n) is 9.45. The molecule has 0 unspecified atom stereocenters. The predicted octanol–water partition coefficient (Wildman–Crippen LogP) is 0.0843. The summed E-state index contributed by atoms with van der Waals surface area (Å²) in [5.41, 5.74) is 0.815. The van der Waals surface area contributed by atoms with E-state index in [4.69, 9.17) is 0 Å². The quantitative estimate of drug-likeness (QED) is 0.842. The monoisotopic (exact) mass is 320 g/mol. The molecule has 1 N–H and O–H groups in total. The van der Waals surface area contributed by atoms with Gasteiger partial charge in [-0.2, -0.15) is 4.68 Å². The molecule has 8 heteroatoms. The van der Waals surface area contributed by atoms with Gasteiger partial charge in [0.1, 0.15) is 6.04 Å². The minimum absolute atomic E-state index is 0.0488. The maximum Gasteiger partial charge on any atom is 0.248 e. The lowest BCUT2D eigenvalue weighted by Crippen LogP contribution is -2.32. The van der Waals surface area contributed by atoms with Crippen LogP contribution in [0.5, 0.6) is 0 Å². The first-order chi connectivity index (χ1) is 9.15. The second-order valence-electron chi connectivity index (χ2n) is 3.94. The fourth-order valence-corrected chi connectivity index (χ4v) is 2.32. The van der Waals surface area contributed by atoms with E-state index in [0.717, 1.165) is 10.0 Å². The van der Waals surface area contributed by atoms with Crippen molar-refractivity contribution in [3.63, 3.8) is 0 Å². The Bertz CT molecular complexity index is 681. The number of carboxylic acid groups (broad SMARTS) is 1. The SMILES string of the molecule is O=C([O-])C1=C[C@H](c2cccc(Br)c2)n2nnnc2N1. The van der Waals surface area contributed by atoms with Gasteiger partial charge in [-0.25, -0.2) is 0 Å². The molecule has 3 rings (SSSR count). The third-order valence-corrected chi connectivity index (χ3v) is 3.23. The molecule has 0 fully saturated rings. The van der Waals surface area contributed by atoms with Gasteiger partial charge in [0.25, 0.3) is 0 Å². The second kappa shape index (κ2) is 4.47. The van der Waals surface area contributed by atoms with Gasteiger partial charge in [0.2, 0.25) is 5.95 Å². The molecule has 19 heavy (non-hydrogen) atoms. The number of fused-ring (bicyclic) bond motifs is 1. The van der Waals surface area contributed by atoms with Gasteiger partial charge in [-0.15, -0.1) is 0 Å². The first-order valence-corrected chi connectivity index (χ1v) is 6.18. The number of aromatic nitrogens is 4. The number of rotatable bonds is 2. The molecule has 0 aliphatic carbocycles. The molecule has 0 saturated carbocycles. The summed E-state index contributed by atoms with van der Waals surface area (Å²) in [6, 6.07) is 7.10. The number of carbonyl (C=O) groups excluding carboxylic acids is 1. The molecule has 2 aromatic rings. The van der Waals surface area contributed by atoms with Crippen molar-refractivity contribution in [3.8, 4) is 0 Å². The van der Waals surface area contributed by atoms with Gasteiger partial charge < -0.3 is 15.2 Å². The number of anilines is 1. The Hall–Kier alpha value is -2.22. The lowest BCUT2D eigenvalue weighted by atomic mass is 10.0. The van der Waals surface area contributed by atoms with E-state index in [1.165, 1.54) is 10.8 Å². The fraction of sp³-hybridized carbons (Fsp3) is 0.0909. The molecule has 0 bridgehead atoms. The molecular weight excluding hydrogens is 314 g/mol. The molecule has 7 nitrogen and oxygen atoms in total. The van der Waals surface area contributed by atoms with Crippen LogP contribution in [-0.4, -0.2) is 26.2 Å². The van der Waals surface area contributed by atoms with Gasteiger partial charge >= 0.3 is 0 Å². The molecule has 0 amide bonds. The Morgan fingerprint density at radius 2 is 2.32 bits per heavy atom. The molecule has 1 atom stereocenters. The van der Waals surface area contributed by atoms with Crippen molar-refractivity contribution < 1.29 is 9.90 Å². The van der Waals surface area contributed by atoms with Gasteiger partial charge in [0.15, 0.2) is 0 Å². The molecule has 0 radical (unpaired) electrons. The third kappa shape index (κ3) is 2.10. The fourth-order valence-electron chi connectivity index (χ4n) is 1.90. The average molecular weight is 321 g/mol. The van der Waals surface area contributed by atoms with E-state index in [2.05, 4.69) is 36.8 Å². The summed E-state index contributed by atoms with van der Waals surface area (Å²) in [4.78, 5) is 11.0. The van der Waals surface area contributed by atoms with Crippen LogP contribution in [0.15, 0.2) is 40.5 Å². The zero-order valence-corrected chi connectivity index (χ0v) is 11.0. The summed E-state index contributed by atoms with van der Waals surface area (Å²) in [7, 11) is 0. The normalized spacial score (nSPS) is 17.3. The highest BCUT2D eigenvalue weighted by Crippen LogP contribution is 2.28. The van der Waals surface area contributed by atoms with Crippen molar-refractivity contribution in [2.24, 2.45) is 0 Å². The van der Waals surface area contributed by atoms with Crippen LogP contribution in [0.3, 0.4) is 0 Å². The first-order valence-electron chi connectivity index (χ1n) is 5.38. The van der Waals surface area contributed by atoms with Crippen LogP contribution < -0.4 is 10.4 Å². The Labute approximate surface area is 116 Å². The summed E-state index contributed by atoms with van der Waals surface area (Å²) < 4.78 is 2.40. The summed E-state index contributed by atoms with van der Waals surface area (Å²) >= 11 is 3.38. The minimum atomic E-state index is -1.30. The number of carboxylic acids is 1. The molecular formula is C11H7BrN5O2-. The van der Waals surface area contributed by atoms with Crippen LogP contribution in [-0.2, 0) is 4.79 Å². The van der Waals surface area contributed by atoms with Crippen molar-refractivity contribution in [2.75, 3.05) is 5.32 Å². The van der Waals surface area contributed by atoms with Gasteiger partial charge in [-0.3, -0.25) is 0 Å². The molecule has 2 heterocycles. The number of hydrogen-bond acceptors (Lipinski definition) is 6. The smallest absolute Gasteiger partial charge is 0.248 e.